The second-order valence-corrected chi connectivity index (χ2v) is 3.09. The van der Waals surface area contributed by atoms with E-state index in [1.165, 1.54) is 7.11 Å². The van der Waals surface area contributed by atoms with Gasteiger partial charge in [-0.2, -0.15) is 4.98 Å². The van der Waals surface area contributed by atoms with Crippen LogP contribution in [0.15, 0.2) is 12.4 Å². The molecule has 0 aliphatic heterocycles. The molecule has 0 aliphatic carbocycles. The van der Waals surface area contributed by atoms with Crippen LogP contribution in [0.4, 0.5) is 0 Å². The van der Waals surface area contributed by atoms with Crippen molar-refractivity contribution in [3.63, 3.8) is 0 Å². The first kappa shape index (κ1) is 9.85. The Labute approximate surface area is 87.3 Å². The number of hydrogen-bond acceptors (Lipinski definition) is 5. The van der Waals surface area contributed by atoms with Crippen molar-refractivity contribution in [3.05, 3.63) is 18.0 Å². The lowest BCUT2D eigenvalue weighted by Gasteiger charge is -2.00. The average Bonchev–Trinajstić information content (AvgIpc) is 2.68. The number of hydrogen-bond donors (Lipinski definition) is 1. The van der Waals surface area contributed by atoms with Gasteiger partial charge in [-0.05, 0) is 6.54 Å². The number of nitrogens with zero attached hydrogens (tertiary/aromatic N) is 4. The third-order valence-electron chi connectivity index (χ3n) is 1.99. The van der Waals surface area contributed by atoms with Gasteiger partial charge in [-0.15, -0.1) is 5.10 Å². The summed E-state index contributed by atoms with van der Waals surface area (Å²) in [6.45, 7) is 3.77. The van der Waals surface area contributed by atoms with E-state index in [-0.39, 0.29) is 0 Å². The molecular formula is C9H13N5O. The van der Waals surface area contributed by atoms with Crippen LogP contribution in [-0.2, 0) is 6.54 Å². The molecule has 0 spiro atoms. The van der Waals surface area contributed by atoms with Crippen molar-refractivity contribution >= 4 is 5.78 Å². The second-order valence-electron chi connectivity index (χ2n) is 3.09. The highest BCUT2D eigenvalue weighted by Crippen LogP contribution is 2.05. The molecule has 15 heavy (non-hydrogen) atoms. The molecule has 2 heterocycles. The van der Waals surface area contributed by atoms with Crippen molar-refractivity contribution in [2.24, 2.45) is 0 Å². The van der Waals surface area contributed by atoms with E-state index in [0.717, 1.165) is 18.7 Å². The zero-order valence-electron chi connectivity index (χ0n) is 8.77. The van der Waals surface area contributed by atoms with Crippen molar-refractivity contribution in [2.75, 3.05) is 13.7 Å². The monoisotopic (exact) mass is 207 g/mol. The summed E-state index contributed by atoms with van der Waals surface area (Å²) >= 11 is 0. The van der Waals surface area contributed by atoms with Gasteiger partial charge in [-0.25, -0.2) is 9.50 Å². The van der Waals surface area contributed by atoms with Crippen molar-refractivity contribution in [1.29, 1.82) is 0 Å². The maximum absolute atomic E-state index is 4.92. The summed E-state index contributed by atoms with van der Waals surface area (Å²) in [5.74, 6) is 0.548. The fourth-order valence-electron chi connectivity index (χ4n) is 1.25. The van der Waals surface area contributed by atoms with E-state index in [9.17, 15) is 0 Å². The molecule has 2 aromatic rings. The first-order chi connectivity index (χ1) is 7.33. The quantitative estimate of drug-likeness (QED) is 0.778. The maximum Gasteiger partial charge on any atom is 0.337 e. The van der Waals surface area contributed by atoms with E-state index in [4.69, 9.17) is 4.74 Å². The molecule has 6 nitrogen and oxygen atoms in total. The highest BCUT2D eigenvalue weighted by atomic mass is 16.5. The highest BCUT2D eigenvalue weighted by Gasteiger charge is 2.04. The molecule has 0 fully saturated rings. The van der Waals surface area contributed by atoms with E-state index in [1.807, 2.05) is 6.20 Å². The van der Waals surface area contributed by atoms with Gasteiger partial charge < -0.3 is 10.1 Å². The minimum atomic E-state index is 0.336. The molecule has 0 saturated carbocycles. The molecule has 0 saturated heterocycles. The zero-order chi connectivity index (χ0) is 10.7. The summed E-state index contributed by atoms with van der Waals surface area (Å²) in [4.78, 5) is 8.22. The van der Waals surface area contributed by atoms with E-state index in [0.29, 0.717) is 11.8 Å². The lowest BCUT2D eigenvalue weighted by molar-refractivity contribution is 0.380. The zero-order valence-corrected chi connectivity index (χ0v) is 8.77. The summed E-state index contributed by atoms with van der Waals surface area (Å²) in [6.07, 6.45) is 3.67. The summed E-state index contributed by atoms with van der Waals surface area (Å²) in [5, 5.41) is 7.31. The summed E-state index contributed by atoms with van der Waals surface area (Å²) < 4.78 is 6.54. The third-order valence-corrected chi connectivity index (χ3v) is 1.99. The van der Waals surface area contributed by atoms with E-state index in [2.05, 4.69) is 27.3 Å². The molecule has 1 N–H and O–H groups in total. The molecule has 0 radical (unpaired) electrons. The topological polar surface area (TPSA) is 64.3 Å². The largest absolute Gasteiger partial charge is 0.466 e. The predicted octanol–water partition coefficient (Wildman–Crippen LogP) is 0.242. The van der Waals surface area contributed by atoms with Crippen molar-refractivity contribution in [1.82, 2.24) is 24.9 Å². The standard InChI is InChI=1S/C9H13N5O/c1-3-10-4-7-5-11-8-12-9(15-2)13-14(8)6-7/h5-6,10H,3-4H2,1-2H3. The predicted molar refractivity (Wildman–Crippen MR) is 54.7 cm³/mol. The molecule has 0 atom stereocenters. The fourth-order valence-corrected chi connectivity index (χ4v) is 1.25. The molecule has 0 bridgehead atoms. The van der Waals surface area contributed by atoms with Crippen LogP contribution in [0.3, 0.4) is 0 Å². The molecule has 6 heteroatoms. The van der Waals surface area contributed by atoms with Crippen LogP contribution in [0.2, 0.25) is 0 Å². The van der Waals surface area contributed by atoms with Crippen LogP contribution in [-0.4, -0.2) is 33.2 Å². The summed E-state index contributed by atoms with van der Waals surface area (Å²) in [7, 11) is 1.54. The Kier molecular flexibility index (Phi) is 2.77. The minimum absolute atomic E-state index is 0.336. The van der Waals surface area contributed by atoms with Crippen molar-refractivity contribution in [2.45, 2.75) is 13.5 Å². The van der Waals surface area contributed by atoms with Crippen molar-refractivity contribution in [3.8, 4) is 6.01 Å². The summed E-state index contributed by atoms with van der Waals surface area (Å²) in [5.41, 5.74) is 1.07. The van der Waals surface area contributed by atoms with Gasteiger partial charge in [0.25, 0.3) is 5.78 Å². The lowest BCUT2D eigenvalue weighted by atomic mass is 10.3. The minimum Gasteiger partial charge on any atom is -0.466 e. The van der Waals surface area contributed by atoms with Crippen LogP contribution in [0, 0.1) is 0 Å². The van der Waals surface area contributed by atoms with E-state index >= 15 is 0 Å². The van der Waals surface area contributed by atoms with Crippen LogP contribution in [0.5, 0.6) is 6.01 Å². The molecule has 0 aromatic carbocycles. The smallest absolute Gasteiger partial charge is 0.337 e. The Morgan fingerprint density at radius 2 is 2.40 bits per heavy atom. The first-order valence-electron chi connectivity index (χ1n) is 4.79. The average molecular weight is 207 g/mol. The Morgan fingerprint density at radius 1 is 1.53 bits per heavy atom. The molecule has 2 aromatic heterocycles. The first-order valence-corrected chi connectivity index (χ1v) is 4.79. The second kappa shape index (κ2) is 4.22. The molecule has 80 valence electrons. The highest BCUT2D eigenvalue weighted by molar-refractivity contribution is 5.28. The number of ether oxygens (including phenoxy) is 1. The number of methoxy groups -OCH3 is 1. The normalized spacial score (nSPS) is 10.8. The fraction of sp³-hybridized carbons (Fsp3) is 0.444. The van der Waals surface area contributed by atoms with Gasteiger partial charge in [0.2, 0.25) is 0 Å². The van der Waals surface area contributed by atoms with E-state index < -0.39 is 0 Å². The molecule has 0 unspecified atom stereocenters. The third kappa shape index (κ3) is 2.04. The Bertz CT molecular complexity index is 453. The molecular weight excluding hydrogens is 194 g/mol. The van der Waals surface area contributed by atoms with Crippen LogP contribution >= 0.6 is 0 Å². The number of fused-ring (bicyclic) bond motifs is 1. The molecule has 2 rings (SSSR count). The van der Waals surface area contributed by atoms with Gasteiger partial charge in [0.15, 0.2) is 0 Å². The molecule has 0 amide bonds. The number of nitrogens with one attached hydrogen (secondary N) is 1. The molecule has 0 aliphatic rings. The van der Waals surface area contributed by atoms with Crippen LogP contribution < -0.4 is 10.1 Å². The van der Waals surface area contributed by atoms with Gasteiger partial charge in [-0.1, -0.05) is 6.92 Å². The number of rotatable bonds is 4. The van der Waals surface area contributed by atoms with Gasteiger partial charge in [-0.3, -0.25) is 0 Å². The Balaban J connectivity index is 2.29. The van der Waals surface area contributed by atoms with Gasteiger partial charge in [0, 0.05) is 24.5 Å². The number of aromatic nitrogens is 4. The van der Waals surface area contributed by atoms with Gasteiger partial charge in [0.05, 0.1) is 7.11 Å². The SMILES string of the molecule is CCNCc1cnc2nc(OC)nn2c1. The Hall–Kier alpha value is -1.69. The van der Waals surface area contributed by atoms with Crippen LogP contribution in [0.25, 0.3) is 5.78 Å². The van der Waals surface area contributed by atoms with Gasteiger partial charge in [0.1, 0.15) is 0 Å². The Morgan fingerprint density at radius 3 is 3.13 bits per heavy atom. The van der Waals surface area contributed by atoms with Crippen molar-refractivity contribution < 1.29 is 4.74 Å². The van der Waals surface area contributed by atoms with Gasteiger partial charge >= 0.3 is 6.01 Å². The lowest BCUT2D eigenvalue weighted by Crippen LogP contribution is -2.12. The van der Waals surface area contributed by atoms with Crippen LogP contribution in [0.1, 0.15) is 12.5 Å². The maximum atomic E-state index is 4.92. The van der Waals surface area contributed by atoms with E-state index in [1.54, 1.807) is 10.7 Å². The summed E-state index contributed by atoms with van der Waals surface area (Å²) in [6, 6.07) is 0.336.